The fourth-order valence-electron chi connectivity index (χ4n) is 2.47. The number of nitrogens with two attached hydrogens (primary N) is 2. The van der Waals surface area contributed by atoms with Gasteiger partial charge in [-0.1, -0.05) is 42.5 Å². The fourth-order valence-corrected chi connectivity index (χ4v) is 2.47. The minimum absolute atomic E-state index is 0.392. The van der Waals surface area contributed by atoms with Crippen molar-refractivity contribution in [2.24, 2.45) is 11.5 Å². The van der Waals surface area contributed by atoms with Crippen molar-refractivity contribution < 1.29 is 4.79 Å². The second-order valence-corrected chi connectivity index (χ2v) is 5.37. The lowest BCUT2D eigenvalue weighted by Crippen LogP contribution is -2.31. The monoisotopic (exact) mass is 297 g/mol. The maximum absolute atomic E-state index is 11.3. The van der Waals surface area contributed by atoms with Gasteiger partial charge in [0.25, 0.3) is 0 Å². The molecule has 0 fully saturated rings. The summed E-state index contributed by atoms with van der Waals surface area (Å²) in [5, 5.41) is 0. The quantitative estimate of drug-likeness (QED) is 0.780. The van der Waals surface area contributed by atoms with Crippen molar-refractivity contribution >= 4 is 5.91 Å². The van der Waals surface area contributed by atoms with E-state index in [-0.39, 0.29) is 0 Å². The summed E-state index contributed by atoms with van der Waals surface area (Å²) < 4.78 is 0. The van der Waals surface area contributed by atoms with E-state index in [0.29, 0.717) is 12.1 Å². The first-order chi connectivity index (χ1) is 10.7. The van der Waals surface area contributed by atoms with E-state index in [1.165, 1.54) is 5.56 Å². The van der Waals surface area contributed by atoms with Crippen molar-refractivity contribution in [3.8, 4) is 0 Å². The number of amides is 1. The molecule has 0 spiro atoms. The van der Waals surface area contributed by atoms with Crippen LogP contribution in [0.5, 0.6) is 0 Å². The van der Waals surface area contributed by atoms with Gasteiger partial charge in [-0.2, -0.15) is 0 Å². The van der Waals surface area contributed by atoms with Gasteiger partial charge in [0.2, 0.25) is 5.91 Å². The second-order valence-electron chi connectivity index (χ2n) is 5.37. The molecule has 0 aliphatic rings. The normalized spacial score (nSPS) is 10.8. The number of carbonyl (C=O) groups is 1. The summed E-state index contributed by atoms with van der Waals surface area (Å²) in [6, 6.07) is 17.9. The number of hydrogen-bond acceptors (Lipinski definition) is 3. The van der Waals surface area contributed by atoms with Gasteiger partial charge in [0, 0.05) is 31.7 Å². The van der Waals surface area contributed by atoms with Crippen LogP contribution in [0.3, 0.4) is 0 Å². The molecule has 4 nitrogen and oxygen atoms in total. The van der Waals surface area contributed by atoms with E-state index in [2.05, 4.69) is 29.2 Å². The average Bonchev–Trinajstić information content (AvgIpc) is 2.54. The molecule has 0 unspecified atom stereocenters. The van der Waals surface area contributed by atoms with Gasteiger partial charge in [-0.3, -0.25) is 9.69 Å². The molecule has 0 saturated heterocycles. The summed E-state index contributed by atoms with van der Waals surface area (Å²) in [6.45, 7) is 3.14. The molecule has 2 aromatic carbocycles. The van der Waals surface area contributed by atoms with Crippen LogP contribution in [0, 0.1) is 0 Å². The van der Waals surface area contributed by atoms with Gasteiger partial charge in [-0.05, 0) is 29.7 Å². The van der Waals surface area contributed by atoms with Crippen molar-refractivity contribution in [2.75, 3.05) is 19.6 Å². The maximum atomic E-state index is 11.3. The van der Waals surface area contributed by atoms with Crippen LogP contribution in [0.4, 0.5) is 0 Å². The van der Waals surface area contributed by atoms with Crippen molar-refractivity contribution in [3.63, 3.8) is 0 Å². The van der Waals surface area contributed by atoms with E-state index in [9.17, 15) is 4.79 Å². The van der Waals surface area contributed by atoms with E-state index >= 15 is 0 Å². The fraction of sp³-hybridized carbons (Fsp3) is 0.278. The van der Waals surface area contributed by atoms with Crippen molar-refractivity contribution in [3.05, 3.63) is 71.3 Å². The SMILES string of the molecule is NCCN(CCc1ccccc1)Cc1cccc(C(N)=O)c1. The van der Waals surface area contributed by atoms with Gasteiger partial charge in [-0.15, -0.1) is 0 Å². The molecule has 4 heteroatoms. The zero-order valence-electron chi connectivity index (χ0n) is 12.7. The molecule has 2 rings (SSSR count). The molecule has 4 N–H and O–H groups in total. The average molecular weight is 297 g/mol. The van der Waals surface area contributed by atoms with Crippen molar-refractivity contribution in [1.29, 1.82) is 0 Å². The van der Waals surface area contributed by atoms with E-state index in [1.807, 2.05) is 24.3 Å². The molecule has 2 aromatic rings. The standard InChI is InChI=1S/C18H23N3O/c19-10-12-21(11-9-15-5-2-1-3-6-15)14-16-7-4-8-17(13-16)18(20)22/h1-8,13H,9-12,14,19H2,(H2,20,22). The third kappa shape index (κ3) is 4.98. The van der Waals surface area contributed by atoms with Gasteiger partial charge in [0.1, 0.15) is 0 Å². The smallest absolute Gasteiger partial charge is 0.248 e. The molecule has 0 aromatic heterocycles. The molecule has 0 bridgehead atoms. The molecule has 1 amide bonds. The van der Waals surface area contributed by atoms with Crippen LogP contribution in [0.1, 0.15) is 21.5 Å². The van der Waals surface area contributed by atoms with Crippen LogP contribution in [-0.2, 0) is 13.0 Å². The summed E-state index contributed by atoms with van der Waals surface area (Å²) >= 11 is 0. The third-order valence-electron chi connectivity index (χ3n) is 3.62. The predicted molar refractivity (Wildman–Crippen MR) is 89.4 cm³/mol. The van der Waals surface area contributed by atoms with Gasteiger partial charge in [0.05, 0.1) is 0 Å². The van der Waals surface area contributed by atoms with Gasteiger partial charge in [0.15, 0.2) is 0 Å². The third-order valence-corrected chi connectivity index (χ3v) is 3.62. The number of benzene rings is 2. The molecule has 0 aliphatic carbocycles. The van der Waals surface area contributed by atoms with Crippen LogP contribution in [0.25, 0.3) is 0 Å². The number of carbonyl (C=O) groups excluding carboxylic acids is 1. The second kappa shape index (κ2) is 8.32. The summed E-state index contributed by atoms with van der Waals surface area (Å²) in [5.74, 6) is -0.392. The Kier molecular flexibility index (Phi) is 6.13. The molecular formula is C18H23N3O. The number of primary amides is 1. The molecule has 0 saturated carbocycles. The van der Waals surface area contributed by atoms with E-state index in [4.69, 9.17) is 11.5 Å². The van der Waals surface area contributed by atoms with Crippen LogP contribution >= 0.6 is 0 Å². The van der Waals surface area contributed by atoms with Crippen LogP contribution < -0.4 is 11.5 Å². The molecule has 0 aliphatic heterocycles. The van der Waals surface area contributed by atoms with Crippen molar-refractivity contribution in [1.82, 2.24) is 4.90 Å². The van der Waals surface area contributed by atoms with E-state index < -0.39 is 5.91 Å². The Balaban J connectivity index is 1.99. The molecule has 0 heterocycles. The largest absolute Gasteiger partial charge is 0.366 e. The Hall–Kier alpha value is -2.17. The minimum atomic E-state index is -0.392. The molecule has 22 heavy (non-hydrogen) atoms. The van der Waals surface area contributed by atoms with Crippen LogP contribution in [0.15, 0.2) is 54.6 Å². The van der Waals surface area contributed by atoms with Gasteiger partial charge < -0.3 is 11.5 Å². The number of rotatable bonds is 8. The molecule has 0 atom stereocenters. The van der Waals surface area contributed by atoms with Crippen molar-refractivity contribution in [2.45, 2.75) is 13.0 Å². The first-order valence-corrected chi connectivity index (χ1v) is 7.54. The summed E-state index contributed by atoms with van der Waals surface area (Å²) in [5.41, 5.74) is 14.0. The Labute approximate surface area is 131 Å². The Morgan fingerprint density at radius 2 is 1.68 bits per heavy atom. The highest BCUT2D eigenvalue weighted by Crippen LogP contribution is 2.09. The Bertz CT molecular complexity index is 598. The lowest BCUT2D eigenvalue weighted by molar-refractivity contribution is 0.1000. The topological polar surface area (TPSA) is 72.3 Å². The molecular weight excluding hydrogens is 274 g/mol. The highest BCUT2D eigenvalue weighted by atomic mass is 16.1. The number of hydrogen-bond donors (Lipinski definition) is 2. The van der Waals surface area contributed by atoms with Crippen LogP contribution in [-0.4, -0.2) is 30.4 Å². The first-order valence-electron chi connectivity index (χ1n) is 7.54. The van der Waals surface area contributed by atoms with Crippen LogP contribution in [0.2, 0.25) is 0 Å². The first kappa shape index (κ1) is 16.2. The summed E-state index contributed by atoms with van der Waals surface area (Å²) in [6.07, 6.45) is 0.982. The lowest BCUT2D eigenvalue weighted by Gasteiger charge is -2.22. The Morgan fingerprint density at radius 1 is 0.955 bits per heavy atom. The van der Waals surface area contributed by atoms with E-state index in [0.717, 1.165) is 31.6 Å². The van der Waals surface area contributed by atoms with Gasteiger partial charge in [-0.25, -0.2) is 0 Å². The lowest BCUT2D eigenvalue weighted by atomic mass is 10.1. The highest BCUT2D eigenvalue weighted by molar-refractivity contribution is 5.92. The molecule has 116 valence electrons. The maximum Gasteiger partial charge on any atom is 0.248 e. The zero-order valence-corrected chi connectivity index (χ0v) is 12.7. The Morgan fingerprint density at radius 3 is 2.36 bits per heavy atom. The number of nitrogens with zero attached hydrogens (tertiary/aromatic N) is 1. The highest BCUT2D eigenvalue weighted by Gasteiger charge is 2.07. The minimum Gasteiger partial charge on any atom is -0.366 e. The molecule has 0 radical (unpaired) electrons. The zero-order chi connectivity index (χ0) is 15.8. The van der Waals surface area contributed by atoms with Gasteiger partial charge >= 0.3 is 0 Å². The summed E-state index contributed by atoms with van der Waals surface area (Å²) in [4.78, 5) is 13.6. The van der Waals surface area contributed by atoms with E-state index in [1.54, 1.807) is 6.07 Å². The summed E-state index contributed by atoms with van der Waals surface area (Å²) in [7, 11) is 0. The predicted octanol–water partition coefficient (Wildman–Crippen LogP) is 1.79.